The standard InChI is InChI=1S/C17H19BrN2O/c1-13(17(21)19-15-9-4-3-5-10-15)20(2)12-14-8-6-7-11-16(14)18/h3-11,13H,12H2,1-2H3,(H,19,21)/p+1/t13-/m0/s1. The third-order valence-electron chi connectivity index (χ3n) is 3.60. The zero-order chi connectivity index (χ0) is 15.2. The largest absolute Gasteiger partial charge is 0.324 e. The van der Waals surface area contributed by atoms with Crippen molar-refractivity contribution in [3.63, 3.8) is 0 Å². The Hall–Kier alpha value is -1.65. The van der Waals surface area contributed by atoms with E-state index in [4.69, 9.17) is 0 Å². The molecule has 0 aliphatic carbocycles. The Balaban J connectivity index is 1.97. The van der Waals surface area contributed by atoms with Crippen LogP contribution in [0.4, 0.5) is 5.69 Å². The van der Waals surface area contributed by atoms with E-state index in [0.29, 0.717) is 0 Å². The number of halogens is 1. The molecule has 1 amide bonds. The molecule has 21 heavy (non-hydrogen) atoms. The van der Waals surface area contributed by atoms with Crippen LogP contribution >= 0.6 is 15.9 Å². The van der Waals surface area contributed by atoms with Gasteiger partial charge in [0, 0.05) is 15.7 Å². The van der Waals surface area contributed by atoms with Gasteiger partial charge in [-0.25, -0.2) is 0 Å². The van der Waals surface area contributed by atoms with Crippen molar-refractivity contribution in [2.45, 2.75) is 19.5 Å². The number of benzene rings is 2. The highest BCUT2D eigenvalue weighted by atomic mass is 79.9. The van der Waals surface area contributed by atoms with Crippen LogP contribution in [0.2, 0.25) is 0 Å². The van der Waals surface area contributed by atoms with Gasteiger partial charge in [0.25, 0.3) is 5.91 Å². The van der Waals surface area contributed by atoms with Crippen molar-refractivity contribution in [2.75, 3.05) is 12.4 Å². The van der Waals surface area contributed by atoms with E-state index in [0.717, 1.165) is 21.6 Å². The van der Waals surface area contributed by atoms with E-state index in [1.54, 1.807) is 0 Å². The summed E-state index contributed by atoms with van der Waals surface area (Å²) < 4.78 is 1.08. The number of nitrogens with one attached hydrogen (secondary N) is 2. The molecule has 3 nitrogen and oxygen atoms in total. The first kappa shape index (κ1) is 15.7. The smallest absolute Gasteiger partial charge is 0.282 e. The fourth-order valence-corrected chi connectivity index (χ4v) is 2.52. The van der Waals surface area contributed by atoms with Crippen LogP contribution < -0.4 is 10.2 Å². The van der Waals surface area contributed by atoms with Crippen molar-refractivity contribution in [3.8, 4) is 0 Å². The van der Waals surface area contributed by atoms with Gasteiger partial charge in [0.1, 0.15) is 6.54 Å². The zero-order valence-electron chi connectivity index (χ0n) is 12.3. The van der Waals surface area contributed by atoms with Crippen LogP contribution in [0.3, 0.4) is 0 Å². The summed E-state index contributed by atoms with van der Waals surface area (Å²) >= 11 is 3.55. The molecule has 0 saturated heterocycles. The van der Waals surface area contributed by atoms with Crippen LogP contribution in [-0.4, -0.2) is 19.0 Å². The molecule has 2 aromatic rings. The second-order valence-corrected chi connectivity index (χ2v) is 6.05. The zero-order valence-corrected chi connectivity index (χ0v) is 13.9. The number of rotatable bonds is 5. The molecule has 2 rings (SSSR count). The van der Waals surface area contributed by atoms with Crippen molar-refractivity contribution in [1.82, 2.24) is 0 Å². The number of anilines is 1. The highest BCUT2D eigenvalue weighted by Gasteiger charge is 2.22. The maximum Gasteiger partial charge on any atom is 0.282 e. The third kappa shape index (κ3) is 4.41. The Labute approximate surface area is 134 Å². The predicted molar refractivity (Wildman–Crippen MR) is 89.3 cm³/mol. The average Bonchev–Trinajstić information content (AvgIpc) is 2.49. The van der Waals surface area contributed by atoms with Crippen LogP contribution in [-0.2, 0) is 11.3 Å². The number of quaternary nitrogens is 1. The number of hydrogen-bond donors (Lipinski definition) is 2. The van der Waals surface area contributed by atoms with Gasteiger partial charge in [-0.2, -0.15) is 0 Å². The number of carbonyl (C=O) groups is 1. The van der Waals surface area contributed by atoms with E-state index in [1.807, 2.05) is 62.5 Å². The van der Waals surface area contributed by atoms with Crippen LogP contribution in [0, 0.1) is 0 Å². The molecule has 110 valence electrons. The topological polar surface area (TPSA) is 33.5 Å². The van der Waals surface area contributed by atoms with Crippen LogP contribution in [0.15, 0.2) is 59.1 Å². The lowest BCUT2D eigenvalue weighted by atomic mass is 10.2. The molecule has 0 aliphatic heterocycles. The summed E-state index contributed by atoms with van der Waals surface area (Å²) in [6.45, 7) is 2.75. The average molecular weight is 348 g/mol. The number of carbonyl (C=O) groups excluding carboxylic acids is 1. The lowest BCUT2D eigenvalue weighted by Crippen LogP contribution is -3.12. The van der Waals surface area contributed by atoms with Gasteiger partial charge in [-0.1, -0.05) is 52.3 Å². The van der Waals surface area contributed by atoms with E-state index in [9.17, 15) is 4.79 Å². The molecule has 2 aromatic carbocycles. The second-order valence-electron chi connectivity index (χ2n) is 5.19. The summed E-state index contributed by atoms with van der Waals surface area (Å²) in [5.74, 6) is 0.0331. The Kier molecular flexibility index (Phi) is 5.53. The first-order valence-corrected chi connectivity index (χ1v) is 7.79. The van der Waals surface area contributed by atoms with Crippen molar-refractivity contribution in [3.05, 3.63) is 64.6 Å². The van der Waals surface area contributed by atoms with Gasteiger partial charge in [0.2, 0.25) is 0 Å². The van der Waals surface area contributed by atoms with Crippen LogP contribution in [0.25, 0.3) is 0 Å². The Morgan fingerprint density at radius 1 is 1.14 bits per heavy atom. The van der Waals surface area contributed by atoms with Crippen molar-refractivity contribution in [1.29, 1.82) is 0 Å². The molecule has 0 fully saturated rings. The lowest BCUT2D eigenvalue weighted by Gasteiger charge is -2.21. The summed E-state index contributed by atoms with van der Waals surface area (Å²) in [6.07, 6.45) is 0. The molecule has 2 N–H and O–H groups in total. The predicted octanol–water partition coefficient (Wildman–Crippen LogP) is 2.49. The summed E-state index contributed by atoms with van der Waals surface area (Å²) in [6, 6.07) is 17.5. The van der Waals surface area contributed by atoms with Gasteiger partial charge in [-0.3, -0.25) is 4.79 Å². The van der Waals surface area contributed by atoms with Gasteiger partial charge in [-0.15, -0.1) is 0 Å². The molecular formula is C17H20BrN2O+. The molecule has 0 saturated carbocycles. The molecule has 0 radical (unpaired) electrons. The molecular weight excluding hydrogens is 328 g/mol. The van der Waals surface area contributed by atoms with E-state index in [1.165, 1.54) is 5.56 Å². The number of amides is 1. The van der Waals surface area contributed by atoms with Crippen LogP contribution in [0.1, 0.15) is 12.5 Å². The number of likely N-dealkylation sites (N-methyl/N-ethyl adjacent to an activating group) is 1. The van der Waals surface area contributed by atoms with Gasteiger partial charge < -0.3 is 10.2 Å². The van der Waals surface area contributed by atoms with E-state index >= 15 is 0 Å². The molecule has 1 unspecified atom stereocenters. The molecule has 0 bridgehead atoms. The van der Waals surface area contributed by atoms with Crippen molar-refractivity contribution >= 4 is 27.5 Å². The Morgan fingerprint density at radius 3 is 2.43 bits per heavy atom. The maximum absolute atomic E-state index is 12.3. The van der Waals surface area contributed by atoms with Crippen molar-refractivity contribution in [2.24, 2.45) is 0 Å². The van der Waals surface area contributed by atoms with Gasteiger partial charge in [0.05, 0.1) is 7.05 Å². The number of hydrogen-bond acceptors (Lipinski definition) is 1. The third-order valence-corrected chi connectivity index (χ3v) is 4.37. The first-order chi connectivity index (χ1) is 10.1. The van der Waals surface area contributed by atoms with E-state index in [-0.39, 0.29) is 11.9 Å². The second kappa shape index (κ2) is 7.38. The lowest BCUT2D eigenvalue weighted by molar-refractivity contribution is -0.907. The highest BCUT2D eigenvalue weighted by molar-refractivity contribution is 9.10. The molecule has 4 heteroatoms. The maximum atomic E-state index is 12.3. The highest BCUT2D eigenvalue weighted by Crippen LogP contribution is 2.14. The minimum atomic E-state index is -0.127. The van der Waals surface area contributed by atoms with Gasteiger partial charge >= 0.3 is 0 Å². The summed E-state index contributed by atoms with van der Waals surface area (Å²) in [4.78, 5) is 13.4. The fourth-order valence-electron chi connectivity index (χ4n) is 2.09. The molecule has 0 aromatic heterocycles. The monoisotopic (exact) mass is 347 g/mol. The Bertz CT molecular complexity index is 601. The fraction of sp³-hybridized carbons (Fsp3) is 0.235. The van der Waals surface area contributed by atoms with Crippen molar-refractivity contribution < 1.29 is 9.69 Å². The SMILES string of the molecule is C[C@@H](C(=O)Nc1ccccc1)[NH+](C)Cc1ccccc1Br. The molecule has 2 atom stereocenters. The quantitative estimate of drug-likeness (QED) is 0.855. The van der Waals surface area contributed by atoms with E-state index < -0.39 is 0 Å². The molecule has 0 spiro atoms. The molecule has 0 aliphatic rings. The van der Waals surface area contributed by atoms with Gasteiger partial charge in [0.15, 0.2) is 6.04 Å². The minimum Gasteiger partial charge on any atom is -0.324 e. The van der Waals surface area contributed by atoms with E-state index in [2.05, 4.69) is 27.3 Å². The van der Waals surface area contributed by atoms with Crippen LogP contribution in [0.5, 0.6) is 0 Å². The first-order valence-electron chi connectivity index (χ1n) is 6.99. The minimum absolute atomic E-state index is 0.0331. The Morgan fingerprint density at radius 2 is 1.76 bits per heavy atom. The summed E-state index contributed by atoms with van der Waals surface area (Å²) in [7, 11) is 2.04. The number of para-hydroxylation sites is 1. The normalized spacial score (nSPS) is 13.5. The summed E-state index contributed by atoms with van der Waals surface area (Å²) in [5.41, 5.74) is 2.04. The van der Waals surface area contributed by atoms with Gasteiger partial charge in [-0.05, 0) is 25.1 Å². The molecule has 0 heterocycles. The summed E-state index contributed by atoms with van der Waals surface area (Å²) in [5, 5.41) is 2.95.